The highest BCUT2D eigenvalue weighted by Crippen LogP contribution is 2.29. The summed E-state index contributed by atoms with van der Waals surface area (Å²) in [4.78, 5) is 23.2. The third-order valence-corrected chi connectivity index (χ3v) is 5.15. The van der Waals surface area contributed by atoms with Crippen LogP contribution in [0.3, 0.4) is 0 Å². The first-order chi connectivity index (χ1) is 14.5. The highest BCUT2D eigenvalue weighted by atomic mass is 16.5. The van der Waals surface area contributed by atoms with E-state index < -0.39 is 0 Å². The molecule has 2 amide bonds. The first-order valence-electron chi connectivity index (χ1n) is 10.0. The van der Waals surface area contributed by atoms with Gasteiger partial charge in [-0.25, -0.2) is 9.78 Å². The Kier molecular flexibility index (Phi) is 7.16. The summed E-state index contributed by atoms with van der Waals surface area (Å²) in [7, 11) is 7.06. The normalized spacial score (nSPS) is 18.3. The smallest absolute Gasteiger partial charge is 0.319 e. The summed E-state index contributed by atoms with van der Waals surface area (Å²) in [5, 5.41) is 9.32. The Labute approximate surface area is 177 Å². The van der Waals surface area contributed by atoms with Gasteiger partial charge in [-0.05, 0) is 43.9 Å². The van der Waals surface area contributed by atoms with E-state index in [2.05, 4.69) is 25.9 Å². The van der Waals surface area contributed by atoms with Crippen molar-refractivity contribution >= 4 is 23.5 Å². The van der Waals surface area contributed by atoms with Crippen LogP contribution in [0.2, 0.25) is 0 Å². The molecule has 0 radical (unpaired) electrons. The van der Waals surface area contributed by atoms with Gasteiger partial charge in [0.2, 0.25) is 5.95 Å². The van der Waals surface area contributed by atoms with E-state index in [9.17, 15) is 4.79 Å². The van der Waals surface area contributed by atoms with Gasteiger partial charge in [0.15, 0.2) is 0 Å². The number of anilines is 3. The van der Waals surface area contributed by atoms with Crippen molar-refractivity contribution in [2.24, 2.45) is 0 Å². The molecule has 1 heterocycles. The molecular weight excluding hydrogens is 384 g/mol. The first-order valence-corrected chi connectivity index (χ1v) is 10.0. The van der Waals surface area contributed by atoms with Crippen LogP contribution in [-0.2, 0) is 0 Å². The minimum absolute atomic E-state index is 0.126. The Bertz CT molecular complexity index is 852. The Balaban J connectivity index is 1.47. The van der Waals surface area contributed by atoms with Crippen LogP contribution in [0.15, 0.2) is 30.5 Å². The quantitative estimate of drug-likeness (QED) is 0.640. The van der Waals surface area contributed by atoms with E-state index in [1.54, 1.807) is 38.6 Å². The number of methoxy groups -OCH3 is 2. The van der Waals surface area contributed by atoms with E-state index >= 15 is 0 Å². The van der Waals surface area contributed by atoms with Gasteiger partial charge in [-0.1, -0.05) is 0 Å². The van der Waals surface area contributed by atoms with Gasteiger partial charge >= 0.3 is 6.03 Å². The Hall–Kier alpha value is -3.23. The second-order valence-electron chi connectivity index (χ2n) is 7.49. The van der Waals surface area contributed by atoms with Crippen molar-refractivity contribution in [2.45, 2.75) is 37.8 Å². The second-order valence-corrected chi connectivity index (χ2v) is 7.49. The van der Waals surface area contributed by atoms with Gasteiger partial charge in [0.05, 0.1) is 19.9 Å². The number of ether oxygens (including phenoxy) is 2. The maximum absolute atomic E-state index is 12.4. The molecular formula is C21H30N6O3. The molecule has 9 heteroatoms. The molecule has 0 aliphatic heterocycles. The van der Waals surface area contributed by atoms with Crippen LogP contribution >= 0.6 is 0 Å². The van der Waals surface area contributed by atoms with E-state index in [0.717, 1.165) is 31.5 Å². The largest absolute Gasteiger partial charge is 0.497 e. The number of carbonyl (C=O) groups excluding carboxylic acids is 1. The van der Waals surface area contributed by atoms with E-state index in [0.29, 0.717) is 29.2 Å². The summed E-state index contributed by atoms with van der Waals surface area (Å²) < 4.78 is 10.5. The maximum atomic E-state index is 12.4. The number of nitrogens with zero attached hydrogens (tertiary/aromatic N) is 3. The van der Waals surface area contributed by atoms with Crippen LogP contribution in [-0.4, -0.2) is 56.4 Å². The van der Waals surface area contributed by atoms with Gasteiger partial charge in [-0.15, -0.1) is 0 Å². The third-order valence-electron chi connectivity index (χ3n) is 5.15. The Morgan fingerprint density at radius 3 is 2.47 bits per heavy atom. The highest BCUT2D eigenvalue weighted by Gasteiger charge is 2.23. The van der Waals surface area contributed by atoms with Crippen molar-refractivity contribution in [3.63, 3.8) is 0 Å². The molecule has 1 fully saturated rings. The molecule has 1 aromatic carbocycles. The van der Waals surface area contributed by atoms with E-state index in [4.69, 9.17) is 9.47 Å². The van der Waals surface area contributed by atoms with E-state index in [1.165, 1.54) is 0 Å². The van der Waals surface area contributed by atoms with Gasteiger partial charge in [0.1, 0.15) is 17.3 Å². The van der Waals surface area contributed by atoms with Crippen molar-refractivity contribution in [1.29, 1.82) is 0 Å². The number of aromatic nitrogens is 2. The van der Waals surface area contributed by atoms with Crippen molar-refractivity contribution in [2.75, 3.05) is 43.8 Å². The fraction of sp³-hybridized carbons (Fsp3) is 0.476. The van der Waals surface area contributed by atoms with E-state index in [1.807, 2.05) is 25.1 Å². The van der Waals surface area contributed by atoms with Crippen LogP contribution in [0, 0.1) is 0 Å². The molecule has 0 spiro atoms. The summed E-state index contributed by atoms with van der Waals surface area (Å²) in [6.45, 7) is 0. The van der Waals surface area contributed by atoms with Gasteiger partial charge in [0, 0.05) is 38.4 Å². The molecule has 0 bridgehead atoms. The summed E-state index contributed by atoms with van der Waals surface area (Å²) in [5.41, 5.74) is 0.601. The Morgan fingerprint density at radius 2 is 1.80 bits per heavy atom. The van der Waals surface area contributed by atoms with Gasteiger partial charge in [-0.2, -0.15) is 4.98 Å². The number of benzene rings is 1. The predicted octanol–water partition coefficient (Wildman–Crippen LogP) is 3.10. The van der Waals surface area contributed by atoms with Gasteiger partial charge in [-0.3, -0.25) is 0 Å². The molecule has 0 atom stereocenters. The zero-order valence-corrected chi connectivity index (χ0v) is 17.9. The SMILES string of the molecule is COc1ccc(NC(=O)NC2CCC(Nc3nccc(N(C)C)n3)CC2)c(OC)c1. The molecule has 162 valence electrons. The molecule has 1 aliphatic carbocycles. The third kappa shape index (κ3) is 5.65. The number of hydrogen-bond donors (Lipinski definition) is 3. The van der Waals surface area contributed by atoms with Crippen molar-refractivity contribution in [1.82, 2.24) is 15.3 Å². The molecule has 0 saturated heterocycles. The molecule has 3 rings (SSSR count). The summed E-state index contributed by atoms with van der Waals surface area (Å²) in [5.74, 6) is 2.73. The standard InChI is InChI=1S/C21H30N6O3/c1-27(2)19-11-12-22-20(26-19)23-14-5-7-15(8-6-14)24-21(28)25-17-10-9-16(29-3)13-18(17)30-4/h9-15H,5-8H2,1-4H3,(H,22,23,26)(H2,24,25,28). The average molecular weight is 415 g/mol. The minimum atomic E-state index is -0.239. The highest BCUT2D eigenvalue weighted by molar-refractivity contribution is 5.91. The lowest BCUT2D eigenvalue weighted by molar-refractivity contribution is 0.243. The van der Waals surface area contributed by atoms with Crippen LogP contribution in [0.5, 0.6) is 11.5 Å². The van der Waals surface area contributed by atoms with Gasteiger partial charge in [0.25, 0.3) is 0 Å². The van der Waals surface area contributed by atoms with Crippen molar-refractivity contribution < 1.29 is 14.3 Å². The maximum Gasteiger partial charge on any atom is 0.319 e. The zero-order chi connectivity index (χ0) is 21.5. The molecule has 1 aliphatic rings. The lowest BCUT2D eigenvalue weighted by Gasteiger charge is -2.29. The average Bonchev–Trinajstić information content (AvgIpc) is 2.75. The van der Waals surface area contributed by atoms with Crippen LogP contribution < -0.4 is 30.3 Å². The van der Waals surface area contributed by atoms with E-state index in [-0.39, 0.29) is 12.1 Å². The molecule has 30 heavy (non-hydrogen) atoms. The second kappa shape index (κ2) is 10.00. The molecule has 2 aromatic rings. The monoisotopic (exact) mass is 414 g/mol. The number of rotatable bonds is 7. The Morgan fingerprint density at radius 1 is 1.07 bits per heavy atom. The van der Waals surface area contributed by atoms with Crippen LogP contribution in [0.1, 0.15) is 25.7 Å². The number of urea groups is 1. The number of hydrogen-bond acceptors (Lipinski definition) is 7. The lowest BCUT2D eigenvalue weighted by atomic mass is 9.91. The van der Waals surface area contributed by atoms with Crippen LogP contribution in [0.4, 0.5) is 22.2 Å². The molecule has 1 aromatic heterocycles. The zero-order valence-electron chi connectivity index (χ0n) is 17.9. The first kappa shape index (κ1) is 21.5. The van der Waals surface area contributed by atoms with Crippen molar-refractivity contribution in [3.05, 3.63) is 30.5 Å². The fourth-order valence-corrected chi connectivity index (χ4v) is 3.48. The van der Waals surface area contributed by atoms with Crippen LogP contribution in [0.25, 0.3) is 0 Å². The van der Waals surface area contributed by atoms with Crippen molar-refractivity contribution in [3.8, 4) is 11.5 Å². The predicted molar refractivity (Wildman–Crippen MR) is 118 cm³/mol. The minimum Gasteiger partial charge on any atom is -0.497 e. The summed E-state index contributed by atoms with van der Waals surface area (Å²) in [6.07, 6.45) is 5.41. The number of amides is 2. The number of nitrogens with one attached hydrogen (secondary N) is 3. The van der Waals surface area contributed by atoms with Gasteiger partial charge < -0.3 is 30.3 Å². The fourth-order valence-electron chi connectivity index (χ4n) is 3.48. The molecule has 3 N–H and O–H groups in total. The topological polar surface area (TPSA) is 101 Å². The molecule has 1 saturated carbocycles. The molecule has 0 unspecified atom stereocenters. The molecule has 9 nitrogen and oxygen atoms in total. The summed E-state index contributed by atoms with van der Waals surface area (Å²) >= 11 is 0. The summed E-state index contributed by atoms with van der Waals surface area (Å²) in [6, 6.07) is 7.34. The number of carbonyl (C=O) groups is 1. The lowest BCUT2D eigenvalue weighted by Crippen LogP contribution is -2.42.